The number of fused-ring (bicyclic) bond motifs is 12. The lowest BCUT2D eigenvalue weighted by atomic mass is 9.68. The minimum Gasteiger partial charge on any atom is -0.465 e. The molecule has 8 aromatic rings. The predicted molar refractivity (Wildman–Crippen MR) is 257 cm³/mol. The summed E-state index contributed by atoms with van der Waals surface area (Å²) in [5, 5.41) is 5.10. The molecule has 294 valence electrons. The molecule has 0 amide bonds. The Morgan fingerprint density at radius 3 is 2.15 bits per heavy atom. The fraction of sp³-hybridized carbons (Fsp3) is 0.0847. The van der Waals surface area contributed by atoms with Crippen LogP contribution >= 0.6 is 0 Å². The van der Waals surface area contributed by atoms with E-state index in [4.69, 9.17) is 10.5 Å². The predicted octanol–water partition coefficient (Wildman–Crippen LogP) is 14.1. The SMILES string of the molecule is NC(\C=C/C(=C\C=C\Cc1ccccc1)c1ccccc1)Cc1cccc(-c2ccc3c(c2)C2(C/C=C\C=C/Oc4ccccc42)c2c-3c3ccccc3c3ccccc23)c1. The second-order valence-corrected chi connectivity index (χ2v) is 16.1. The van der Waals surface area contributed by atoms with Crippen LogP contribution in [0.25, 0.3) is 49.4 Å². The van der Waals surface area contributed by atoms with Crippen LogP contribution in [0.4, 0.5) is 0 Å². The van der Waals surface area contributed by atoms with Gasteiger partial charge in [-0.15, -0.1) is 0 Å². The van der Waals surface area contributed by atoms with E-state index < -0.39 is 5.41 Å². The van der Waals surface area contributed by atoms with E-state index in [1.165, 1.54) is 71.6 Å². The van der Waals surface area contributed by atoms with E-state index in [1.807, 2.05) is 6.08 Å². The first-order chi connectivity index (χ1) is 30.2. The van der Waals surface area contributed by atoms with Gasteiger partial charge < -0.3 is 10.5 Å². The van der Waals surface area contributed by atoms with Gasteiger partial charge in [-0.3, -0.25) is 0 Å². The molecule has 0 saturated heterocycles. The number of hydrogen-bond donors (Lipinski definition) is 1. The standard InChI is InChI=1S/C59H47NO/c60-48(35-33-45(44-23-6-2-7-24-44)25-9-8-21-42-19-4-1-5-20-42)40-43-22-18-26-46(39-43)47-34-36-53-55(41-47)59(37-16-3-17-38-61-56-32-15-14-31-54(56)59)58-52-30-13-11-28-50(52)49-27-10-12-29-51(49)57(53)58/h1-20,22-36,38-39,41,48H,21,37,40,60H2/b9-8+,16-3-,35-33-,38-17-,45-25+. The summed E-state index contributed by atoms with van der Waals surface area (Å²) in [6.45, 7) is 0. The Kier molecular flexibility index (Phi) is 10.4. The van der Waals surface area contributed by atoms with E-state index in [0.29, 0.717) is 0 Å². The number of para-hydroxylation sites is 1. The maximum Gasteiger partial charge on any atom is 0.130 e. The summed E-state index contributed by atoms with van der Waals surface area (Å²) in [6, 6.07) is 63.4. The Bertz CT molecular complexity index is 3040. The van der Waals surface area contributed by atoms with Crippen LogP contribution in [0.5, 0.6) is 5.75 Å². The van der Waals surface area contributed by atoms with Gasteiger partial charge in [-0.2, -0.15) is 0 Å². The monoisotopic (exact) mass is 785 g/mol. The van der Waals surface area contributed by atoms with Crippen molar-refractivity contribution in [2.75, 3.05) is 0 Å². The minimum absolute atomic E-state index is 0.161. The molecule has 0 aromatic heterocycles. The van der Waals surface area contributed by atoms with E-state index in [0.717, 1.165) is 36.1 Å². The Morgan fingerprint density at radius 1 is 0.623 bits per heavy atom. The Balaban J connectivity index is 1.03. The molecule has 1 spiro atoms. The highest BCUT2D eigenvalue weighted by Crippen LogP contribution is 2.61. The van der Waals surface area contributed by atoms with Crippen LogP contribution in [0.3, 0.4) is 0 Å². The molecule has 2 atom stereocenters. The zero-order chi connectivity index (χ0) is 41.0. The van der Waals surface area contributed by atoms with Gasteiger partial charge in [0.2, 0.25) is 0 Å². The third-order valence-corrected chi connectivity index (χ3v) is 12.4. The van der Waals surface area contributed by atoms with Gasteiger partial charge in [0.25, 0.3) is 0 Å². The van der Waals surface area contributed by atoms with E-state index >= 15 is 0 Å². The molecule has 0 fully saturated rings. The van der Waals surface area contributed by atoms with Gasteiger partial charge in [-0.1, -0.05) is 206 Å². The highest BCUT2D eigenvalue weighted by atomic mass is 16.5. The molecule has 0 radical (unpaired) electrons. The molecule has 10 rings (SSSR count). The van der Waals surface area contributed by atoms with Crippen molar-refractivity contribution >= 4 is 27.1 Å². The maximum atomic E-state index is 6.89. The second kappa shape index (κ2) is 16.8. The summed E-state index contributed by atoms with van der Waals surface area (Å²) in [5.74, 6) is 0.876. The summed E-state index contributed by atoms with van der Waals surface area (Å²) in [4.78, 5) is 0. The van der Waals surface area contributed by atoms with Crippen LogP contribution in [0.1, 0.15) is 39.8 Å². The number of benzene rings is 8. The molecule has 1 aliphatic carbocycles. The lowest BCUT2D eigenvalue weighted by molar-refractivity contribution is 0.463. The number of hydrogen-bond acceptors (Lipinski definition) is 2. The number of ether oxygens (including phenoxy) is 1. The highest BCUT2D eigenvalue weighted by Gasteiger charge is 2.47. The quantitative estimate of drug-likeness (QED) is 0.117. The van der Waals surface area contributed by atoms with Gasteiger partial charge in [0.1, 0.15) is 5.75 Å². The molecule has 0 bridgehead atoms. The van der Waals surface area contributed by atoms with E-state index in [2.05, 4.69) is 218 Å². The fourth-order valence-corrected chi connectivity index (χ4v) is 9.61. The van der Waals surface area contributed by atoms with Crippen molar-refractivity contribution in [2.45, 2.75) is 30.7 Å². The molecular formula is C59H47NO. The van der Waals surface area contributed by atoms with Gasteiger partial charge in [0.05, 0.1) is 11.7 Å². The molecule has 8 aromatic carbocycles. The highest BCUT2D eigenvalue weighted by molar-refractivity contribution is 6.18. The van der Waals surface area contributed by atoms with E-state index in [1.54, 1.807) is 6.26 Å². The first-order valence-electron chi connectivity index (χ1n) is 21.3. The molecule has 2 nitrogen and oxygen atoms in total. The van der Waals surface area contributed by atoms with Gasteiger partial charge in [-0.05, 0) is 115 Å². The number of allylic oxidation sites excluding steroid dienone is 8. The molecule has 2 aliphatic rings. The Hall–Kier alpha value is -7.26. The van der Waals surface area contributed by atoms with Gasteiger partial charge in [0.15, 0.2) is 0 Å². The molecule has 61 heavy (non-hydrogen) atoms. The lowest BCUT2D eigenvalue weighted by Gasteiger charge is -2.34. The first-order valence-corrected chi connectivity index (χ1v) is 21.3. The summed E-state index contributed by atoms with van der Waals surface area (Å²) in [5.41, 5.74) is 19.9. The Labute approximate surface area is 359 Å². The number of rotatable bonds is 9. The maximum absolute atomic E-state index is 6.89. The number of nitrogens with two attached hydrogens (primary N) is 1. The molecule has 2 unspecified atom stereocenters. The van der Waals surface area contributed by atoms with Crippen LogP contribution in [-0.4, -0.2) is 6.04 Å². The summed E-state index contributed by atoms with van der Waals surface area (Å²) < 4.78 is 6.44. The van der Waals surface area contributed by atoms with Gasteiger partial charge >= 0.3 is 0 Å². The van der Waals surface area contributed by atoms with Crippen molar-refractivity contribution in [1.82, 2.24) is 0 Å². The van der Waals surface area contributed by atoms with Crippen molar-refractivity contribution in [2.24, 2.45) is 5.73 Å². The largest absolute Gasteiger partial charge is 0.465 e. The lowest BCUT2D eigenvalue weighted by Crippen LogP contribution is -2.27. The second-order valence-electron chi connectivity index (χ2n) is 16.1. The third-order valence-electron chi connectivity index (χ3n) is 12.4. The van der Waals surface area contributed by atoms with Crippen molar-refractivity contribution in [1.29, 1.82) is 0 Å². The van der Waals surface area contributed by atoms with Crippen LogP contribution in [0, 0.1) is 0 Å². The summed E-state index contributed by atoms with van der Waals surface area (Å²) in [7, 11) is 0. The van der Waals surface area contributed by atoms with Crippen LogP contribution in [0.2, 0.25) is 0 Å². The van der Waals surface area contributed by atoms with Gasteiger partial charge in [0, 0.05) is 11.6 Å². The molecule has 1 aliphatic heterocycles. The van der Waals surface area contributed by atoms with Crippen LogP contribution in [-0.2, 0) is 18.3 Å². The minimum atomic E-state index is -0.505. The van der Waals surface area contributed by atoms with E-state index in [-0.39, 0.29) is 6.04 Å². The molecule has 2 heteroatoms. The molecular weight excluding hydrogens is 739 g/mol. The van der Waals surface area contributed by atoms with Crippen molar-refractivity contribution < 1.29 is 4.74 Å². The van der Waals surface area contributed by atoms with Crippen molar-refractivity contribution in [3.05, 3.63) is 264 Å². The van der Waals surface area contributed by atoms with E-state index in [9.17, 15) is 0 Å². The third kappa shape index (κ3) is 7.26. The van der Waals surface area contributed by atoms with Crippen LogP contribution < -0.4 is 10.5 Å². The normalized spacial score (nSPS) is 17.4. The Morgan fingerprint density at radius 2 is 1.31 bits per heavy atom. The van der Waals surface area contributed by atoms with Crippen molar-refractivity contribution in [3.63, 3.8) is 0 Å². The fourth-order valence-electron chi connectivity index (χ4n) is 9.61. The average molecular weight is 786 g/mol. The first kappa shape index (κ1) is 38.0. The van der Waals surface area contributed by atoms with Gasteiger partial charge in [-0.25, -0.2) is 0 Å². The summed E-state index contributed by atoms with van der Waals surface area (Å²) >= 11 is 0. The van der Waals surface area contributed by atoms with Crippen LogP contribution in [0.15, 0.2) is 231 Å². The smallest absolute Gasteiger partial charge is 0.130 e. The molecule has 0 saturated carbocycles. The zero-order valence-electron chi connectivity index (χ0n) is 34.1. The molecule has 2 N–H and O–H groups in total. The molecule has 1 heterocycles. The summed E-state index contributed by atoms with van der Waals surface area (Å²) in [6.07, 6.45) is 21.5. The average Bonchev–Trinajstić information content (AvgIpc) is 3.65. The topological polar surface area (TPSA) is 35.2 Å². The van der Waals surface area contributed by atoms with Crippen molar-refractivity contribution in [3.8, 4) is 28.0 Å². The zero-order valence-corrected chi connectivity index (χ0v) is 34.1.